The number of aliphatic carboxylic acids is 2. The molecule has 32 heavy (non-hydrogen) atoms. The third-order valence-corrected chi connectivity index (χ3v) is 6.22. The van der Waals surface area contributed by atoms with Gasteiger partial charge in [-0.05, 0) is 80.2 Å². The second-order valence-electron chi connectivity index (χ2n) is 8.15. The summed E-state index contributed by atoms with van der Waals surface area (Å²) in [6.45, 7) is 4.53. The zero-order valence-electron chi connectivity index (χ0n) is 19.1. The number of carboxylic acid groups (broad SMARTS) is 2. The molecule has 0 saturated carbocycles. The molecule has 0 atom stereocenters. The van der Waals surface area contributed by atoms with Crippen molar-refractivity contribution in [1.29, 1.82) is 0 Å². The Kier molecular flexibility index (Phi) is 11.2. The minimum Gasteiger partial charge on any atom is -0.493 e. The van der Waals surface area contributed by atoms with E-state index in [-0.39, 0.29) is 19.4 Å². The lowest BCUT2D eigenvalue weighted by molar-refractivity contribution is -0.137. The fraction of sp³-hybridized carbons (Fsp3) is 0.462. The van der Waals surface area contributed by atoms with Crippen molar-refractivity contribution >= 4 is 23.7 Å². The molecule has 0 saturated heterocycles. The van der Waals surface area contributed by atoms with Gasteiger partial charge in [0.1, 0.15) is 5.75 Å². The van der Waals surface area contributed by atoms with Gasteiger partial charge in [-0.1, -0.05) is 31.0 Å². The van der Waals surface area contributed by atoms with E-state index in [1.165, 1.54) is 16.0 Å². The number of aryl methyl sites for hydroxylation is 3. The fourth-order valence-electron chi connectivity index (χ4n) is 3.72. The molecule has 2 aromatic carbocycles. The molecule has 0 fully saturated rings. The number of benzene rings is 2. The van der Waals surface area contributed by atoms with E-state index >= 15 is 0 Å². The van der Waals surface area contributed by atoms with E-state index in [2.05, 4.69) is 32.0 Å². The molecule has 0 aromatic heterocycles. The molecule has 0 aliphatic rings. The molecule has 0 radical (unpaired) electrons. The van der Waals surface area contributed by atoms with Crippen LogP contribution in [0.15, 0.2) is 41.3 Å². The molecule has 0 aliphatic heterocycles. The van der Waals surface area contributed by atoms with Gasteiger partial charge in [0, 0.05) is 16.9 Å². The van der Waals surface area contributed by atoms with Crippen LogP contribution in [0.1, 0.15) is 60.8 Å². The molecule has 0 spiro atoms. The summed E-state index contributed by atoms with van der Waals surface area (Å²) >= 11 is 1.91. The van der Waals surface area contributed by atoms with Gasteiger partial charge >= 0.3 is 11.9 Å². The van der Waals surface area contributed by atoms with Crippen LogP contribution in [0.25, 0.3) is 0 Å². The second-order valence-corrected chi connectivity index (χ2v) is 9.31. The normalized spacial score (nSPS) is 10.8. The molecular weight excluding hydrogens is 424 g/mol. The highest BCUT2D eigenvalue weighted by Crippen LogP contribution is 2.26. The van der Waals surface area contributed by atoms with E-state index in [4.69, 9.17) is 9.84 Å². The molecular formula is C26H34O5S. The van der Waals surface area contributed by atoms with Crippen molar-refractivity contribution in [3.63, 3.8) is 0 Å². The summed E-state index contributed by atoms with van der Waals surface area (Å²) in [6.07, 6.45) is 5.58. The number of ether oxygens (including phenoxy) is 1. The summed E-state index contributed by atoms with van der Waals surface area (Å²) < 4.78 is 5.72. The number of carbonyl (C=O) groups is 2. The maximum Gasteiger partial charge on any atom is 0.307 e. The molecule has 0 unspecified atom stereocenters. The van der Waals surface area contributed by atoms with E-state index in [9.17, 15) is 14.7 Å². The summed E-state index contributed by atoms with van der Waals surface area (Å²) in [5.41, 5.74) is 4.32. The molecule has 0 aliphatic carbocycles. The van der Waals surface area contributed by atoms with E-state index < -0.39 is 11.9 Å². The largest absolute Gasteiger partial charge is 0.493 e. The highest BCUT2D eigenvalue weighted by molar-refractivity contribution is 7.99. The summed E-state index contributed by atoms with van der Waals surface area (Å²) in [6, 6.07) is 12.3. The highest BCUT2D eigenvalue weighted by Gasteiger charge is 2.13. The smallest absolute Gasteiger partial charge is 0.307 e. The van der Waals surface area contributed by atoms with Crippen LogP contribution in [0.4, 0.5) is 0 Å². The van der Waals surface area contributed by atoms with E-state index in [1.807, 2.05) is 23.9 Å². The Hall–Kier alpha value is -2.47. The number of hydrogen-bond acceptors (Lipinski definition) is 4. The molecule has 0 heterocycles. The summed E-state index contributed by atoms with van der Waals surface area (Å²) in [5, 5.41) is 18.1. The van der Waals surface area contributed by atoms with Crippen LogP contribution in [0.3, 0.4) is 0 Å². The average molecular weight is 459 g/mol. The molecule has 0 bridgehead atoms. The van der Waals surface area contributed by atoms with Crippen LogP contribution < -0.4 is 4.74 Å². The van der Waals surface area contributed by atoms with Crippen LogP contribution in [0, 0.1) is 13.8 Å². The predicted molar refractivity (Wildman–Crippen MR) is 129 cm³/mol. The molecule has 0 amide bonds. The number of carboxylic acids is 2. The van der Waals surface area contributed by atoms with Crippen molar-refractivity contribution in [1.82, 2.24) is 0 Å². The van der Waals surface area contributed by atoms with Gasteiger partial charge in [-0.25, -0.2) is 0 Å². The monoisotopic (exact) mass is 458 g/mol. The third-order valence-electron chi connectivity index (χ3n) is 5.15. The molecule has 2 N–H and O–H groups in total. The Morgan fingerprint density at radius 2 is 1.62 bits per heavy atom. The minimum absolute atomic E-state index is 0.0374. The predicted octanol–water partition coefficient (Wildman–Crippen LogP) is 6.07. The van der Waals surface area contributed by atoms with Crippen LogP contribution in [0.5, 0.6) is 5.75 Å². The number of thioether (sulfide) groups is 1. The topological polar surface area (TPSA) is 83.8 Å². The standard InChI is InChI=1S/C26H34O5S/c1-19-15-20(2)17-22(16-19)32-14-6-4-3-5-9-21-10-7-11-24(23(21)18-26(29)30)31-13-8-12-25(27)28/h7,10-11,15-17H,3-6,8-9,12-14,18H2,1-2H3,(H,27,28)(H,29,30). The Balaban J connectivity index is 1.78. The van der Waals surface area contributed by atoms with E-state index in [1.54, 1.807) is 6.07 Å². The van der Waals surface area contributed by atoms with Gasteiger partial charge in [-0.15, -0.1) is 11.8 Å². The van der Waals surface area contributed by atoms with Crippen molar-refractivity contribution in [2.45, 2.75) is 70.1 Å². The summed E-state index contributed by atoms with van der Waals surface area (Å²) in [4.78, 5) is 23.4. The Bertz CT molecular complexity index is 874. The Labute approximate surface area is 195 Å². The van der Waals surface area contributed by atoms with Gasteiger partial charge < -0.3 is 14.9 Å². The van der Waals surface area contributed by atoms with Crippen LogP contribution in [0.2, 0.25) is 0 Å². The van der Waals surface area contributed by atoms with Gasteiger partial charge in [-0.3, -0.25) is 9.59 Å². The van der Waals surface area contributed by atoms with E-state index in [0.29, 0.717) is 17.7 Å². The Morgan fingerprint density at radius 1 is 0.906 bits per heavy atom. The van der Waals surface area contributed by atoms with Crippen molar-refractivity contribution < 1.29 is 24.5 Å². The lowest BCUT2D eigenvalue weighted by atomic mass is 9.98. The maximum atomic E-state index is 11.4. The molecule has 5 nitrogen and oxygen atoms in total. The van der Waals surface area contributed by atoms with Crippen LogP contribution in [-0.2, 0) is 22.4 Å². The molecule has 2 rings (SSSR count). The van der Waals surface area contributed by atoms with Gasteiger partial charge in [-0.2, -0.15) is 0 Å². The zero-order chi connectivity index (χ0) is 23.3. The van der Waals surface area contributed by atoms with E-state index in [0.717, 1.165) is 43.4 Å². The zero-order valence-corrected chi connectivity index (χ0v) is 19.9. The first-order valence-corrected chi connectivity index (χ1v) is 12.2. The van der Waals surface area contributed by atoms with Gasteiger partial charge in [0.2, 0.25) is 0 Å². The van der Waals surface area contributed by atoms with Gasteiger partial charge in [0.15, 0.2) is 0 Å². The highest BCUT2D eigenvalue weighted by atomic mass is 32.2. The number of rotatable bonds is 15. The lowest BCUT2D eigenvalue weighted by Gasteiger charge is -2.14. The summed E-state index contributed by atoms with van der Waals surface area (Å²) in [7, 11) is 0. The SMILES string of the molecule is Cc1cc(C)cc(SCCCCCCc2cccc(OCCCC(=O)O)c2CC(=O)O)c1. The fourth-order valence-corrected chi connectivity index (χ4v) is 4.84. The minimum atomic E-state index is -0.892. The van der Waals surface area contributed by atoms with Crippen LogP contribution >= 0.6 is 11.8 Å². The first kappa shape index (κ1) is 25.8. The van der Waals surface area contributed by atoms with Crippen LogP contribution in [-0.4, -0.2) is 34.5 Å². The van der Waals surface area contributed by atoms with Gasteiger partial charge in [0.05, 0.1) is 13.0 Å². The number of hydrogen-bond donors (Lipinski definition) is 2. The maximum absolute atomic E-state index is 11.4. The molecule has 174 valence electrons. The molecule has 6 heteroatoms. The Morgan fingerprint density at radius 3 is 2.31 bits per heavy atom. The first-order valence-electron chi connectivity index (χ1n) is 11.2. The first-order chi connectivity index (χ1) is 15.3. The second kappa shape index (κ2) is 13.8. The quantitative estimate of drug-likeness (QED) is 0.249. The van der Waals surface area contributed by atoms with Crippen molar-refractivity contribution in [2.24, 2.45) is 0 Å². The summed E-state index contributed by atoms with van der Waals surface area (Å²) in [5.74, 6) is -0.0933. The van der Waals surface area contributed by atoms with Crippen molar-refractivity contribution in [3.8, 4) is 5.75 Å². The average Bonchev–Trinajstić information content (AvgIpc) is 2.71. The van der Waals surface area contributed by atoms with Gasteiger partial charge in [0.25, 0.3) is 0 Å². The number of unbranched alkanes of at least 4 members (excludes halogenated alkanes) is 3. The van der Waals surface area contributed by atoms with Crippen molar-refractivity contribution in [2.75, 3.05) is 12.4 Å². The molecule has 2 aromatic rings. The van der Waals surface area contributed by atoms with Crippen molar-refractivity contribution in [3.05, 3.63) is 58.7 Å². The lowest BCUT2D eigenvalue weighted by Crippen LogP contribution is -2.09. The third kappa shape index (κ3) is 9.77.